The molecular formula is C16H11BrClFN4S. The van der Waals surface area contributed by atoms with Crippen LogP contribution in [0.25, 0.3) is 11.4 Å². The maximum atomic E-state index is 13.1. The lowest BCUT2D eigenvalue weighted by molar-refractivity contribution is 0.627. The summed E-state index contributed by atoms with van der Waals surface area (Å²) in [5, 5.41) is 14.4. The minimum atomic E-state index is -0.260. The van der Waals surface area contributed by atoms with E-state index in [4.69, 9.17) is 11.6 Å². The third-order valence-corrected chi connectivity index (χ3v) is 4.63. The van der Waals surface area contributed by atoms with Crippen LogP contribution in [0.2, 0.25) is 5.02 Å². The molecule has 122 valence electrons. The zero-order valence-electron chi connectivity index (χ0n) is 12.2. The van der Waals surface area contributed by atoms with E-state index in [9.17, 15) is 4.39 Å². The smallest absolute Gasteiger partial charge is 0.207 e. The number of rotatable bonds is 2. The average molecular weight is 426 g/mol. The molecule has 4 nitrogen and oxygen atoms in total. The van der Waals surface area contributed by atoms with Crippen molar-refractivity contribution in [2.75, 3.05) is 5.75 Å². The van der Waals surface area contributed by atoms with E-state index in [-0.39, 0.29) is 22.8 Å². The molecule has 0 N–H and O–H groups in total. The number of fused-ring (bicyclic) bond motifs is 1. The Morgan fingerprint density at radius 2 is 1.62 bits per heavy atom. The van der Waals surface area contributed by atoms with Gasteiger partial charge in [0.1, 0.15) is 5.82 Å². The molecule has 24 heavy (non-hydrogen) atoms. The van der Waals surface area contributed by atoms with Crippen molar-refractivity contribution >= 4 is 46.1 Å². The molecule has 0 fully saturated rings. The van der Waals surface area contributed by atoms with Crippen LogP contribution < -0.4 is 0 Å². The highest BCUT2D eigenvalue weighted by Crippen LogP contribution is 2.29. The van der Waals surface area contributed by atoms with Gasteiger partial charge in [-0.15, -0.1) is 27.2 Å². The number of aromatic nitrogens is 3. The minimum absolute atomic E-state index is 0. The molecule has 0 radical (unpaired) electrons. The highest BCUT2D eigenvalue weighted by molar-refractivity contribution is 8.93. The Morgan fingerprint density at radius 3 is 2.33 bits per heavy atom. The van der Waals surface area contributed by atoms with E-state index in [0.717, 1.165) is 22.0 Å². The Morgan fingerprint density at radius 1 is 0.958 bits per heavy atom. The first-order valence-corrected chi connectivity index (χ1v) is 8.25. The maximum Gasteiger partial charge on any atom is 0.212 e. The quantitative estimate of drug-likeness (QED) is 0.599. The first-order chi connectivity index (χ1) is 11.2. The molecule has 4 rings (SSSR count). The summed E-state index contributed by atoms with van der Waals surface area (Å²) in [6, 6.07) is 13.7. The third kappa shape index (κ3) is 3.24. The standard InChI is InChI=1S/C16H10ClFN4S.BrH/c17-12-5-1-11(2-6-12)15-19-20-16-22(15)21-14(9-23-16)10-3-7-13(18)8-4-10;/h1-8H,9H2;1H. The van der Waals surface area contributed by atoms with E-state index in [1.807, 2.05) is 12.1 Å². The zero-order chi connectivity index (χ0) is 15.8. The van der Waals surface area contributed by atoms with Gasteiger partial charge in [-0.05, 0) is 42.0 Å². The molecule has 0 saturated carbocycles. The molecule has 8 heteroatoms. The Labute approximate surface area is 157 Å². The van der Waals surface area contributed by atoms with E-state index in [0.29, 0.717) is 16.6 Å². The molecule has 0 spiro atoms. The second-order valence-electron chi connectivity index (χ2n) is 4.97. The Bertz CT molecular complexity index is 893. The minimum Gasteiger partial charge on any atom is -0.207 e. The summed E-state index contributed by atoms with van der Waals surface area (Å²) < 4.78 is 14.8. The van der Waals surface area contributed by atoms with Crippen LogP contribution in [0.3, 0.4) is 0 Å². The van der Waals surface area contributed by atoms with E-state index in [1.165, 1.54) is 12.1 Å². The van der Waals surface area contributed by atoms with E-state index < -0.39 is 0 Å². The van der Waals surface area contributed by atoms with Gasteiger partial charge in [-0.2, -0.15) is 9.78 Å². The molecule has 0 atom stereocenters. The van der Waals surface area contributed by atoms with Crippen molar-refractivity contribution in [2.45, 2.75) is 5.16 Å². The summed E-state index contributed by atoms with van der Waals surface area (Å²) in [6.07, 6.45) is 0. The van der Waals surface area contributed by atoms with Crippen LogP contribution in [-0.4, -0.2) is 26.3 Å². The van der Waals surface area contributed by atoms with Gasteiger partial charge >= 0.3 is 0 Å². The molecular weight excluding hydrogens is 415 g/mol. The van der Waals surface area contributed by atoms with Crippen LogP contribution in [0.5, 0.6) is 0 Å². The van der Waals surface area contributed by atoms with Gasteiger partial charge in [0, 0.05) is 16.3 Å². The van der Waals surface area contributed by atoms with Gasteiger partial charge in [0.25, 0.3) is 0 Å². The second kappa shape index (κ2) is 7.04. The van der Waals surface area contributed by atoms with Crippen molar-refractivity contribution in [3.05, 3.63) is 64.9 Å². The summed E-state index contributed by atoms with van der Waals surface area (Å²) in [4.78, 5) is 0. The first-order valence-electron chi connectivity index (χ1n) is 6.89. The monoisotopic (exact) mass is 424 g/mol. The molecule has 1 aliphatic rings. The van der Waals surface area contributed by atoms with Crippen molar-refractivity contribution in [2.24, 2.45) is 5.10 Å². The molecule has 1 aromatic heterocycles. The molecule has 0 amide bonds. The summed E-state index contributed by atoms with van der Waals surface area (Å²) >= 11 is 7.48. The van der Waals surface area contributed by atoms with Crippen molar-refractivity contribution < 1.29 is 4.39 Å². The van der Waals surface area contributed by atoms with Gasteiger partial charge in [-0.3, -0.25) is 0 Å². The van der Waals surface area contributed by atoms with Crippen LogP contribution >= 0.6 is 40.3 Å². The van der Waals surface area contributed by atoms with Gasteiger partial charge in [0.15, 0.2) is 5.82 Å². The lowest BCUT2D eigenvalue weighted by Crippen LogP contribution is -2.13. The van der Waals surface area contributed by atoms with Crippen LogP contribution in [0.15, 0.2) is 58.8 Å². The maximum absolute atomic E-state index is 13.1. The van der Waals surface area contributed by atoms with Gasteiger partial charge < -0.3 is 0 Å². The molecule has 0 aliphatic carbocycles. The molecule has 2 aromatic carbocycles. The van der Waals surface area contributed by atoms with Crippen LogP contribution in [-0.2, 0) is 0 Å². The zero-order valence-corrected chi connectivity index (χ0v) is 15.5. The second-order valence-corrected chi connectivity index (χ2v) is 6.35. The fourth-order valence-electron chi connectivity index (χ4n) is 2.29. The Kier molecular flexibility index (Phi) is 5.03. The molecule has 3 aromatic rings. The lowest BCUT2D eigenvalue weighted by Gasteiger charge is -2.14. The predicted molar refractivity (Wildman–Crippen MR) is 99.8 cm³/mol. The predicted octanol–water partition coefficient (Wildman–Crippen LogP) is 4.67. The van der Waals surface area contributed by atoms with Crippen molar-refractivity contribution in [1.82, 2.24) is 14.9 Å². The first kappa shape index (κ1) is 17.1. The van der Waals surface area contributed by atoms with E-state index in [2.05, 4.69) is 15.3 Å². The lowest BCUT2D eigenvalue weighted by atomic mass is 10.1. The van der Waals surface area contributed by atoms with Crippen molar-refractivity contribution in [3.8, 4) is 11.4 Å². The van der Waals surface area contributed by atoms with Gasteiger partial charge in [0.2, 0.25) is 5.16 Å². The fraction of sp³-hybridized carbons (Fsp3) is 0.0625. The molecule has 1 aliphatic heterocycles. The van der Waals surface area contributed by atoms with E-state index >= 15 is 0 Å². The highest BCUT2D eigenvalue weighted by Gasteiger charge is 2.20. The summed E-state index contributed by atoms with van der Waals surface area (Å²) in [5.74, 6) is 1.07. The Balaban J connectivity index is 0.00000169. The fourth-order valence-corrected chi connectivity index (χ4v) is 3.25. The third-order valence-electron chi connectivity index (χ3n) is 3.45. The van der Waals surface area contributed by atoms with Gasteiger partial charge in [-0.1, -0.05) is 35.5 Å². The van der Waals surface area contributed by atoms with Gasteiger partial charge in [-0.25, -0.2) is 4.39 Å². The summed E-state index contributed by atoms with van der Waals surface area (Å²) in [6.45, 7) is 0. The number of halogens is 3. The summed E-state index contributed by atoms with van der Waals surface area (Å²) in [5.41, 5.74) is 2.63. The largest absolute Gasteiger partial charge is 0.212 e. The average Bonchev–Trinajstić information content (AvgIpc) is 2.99. The van der Waals surface area contributed by atoms with Crippen LogP contribution in [0.4, 0.5) is 4.39 Å². The number of benzene rings is 2. The van der Waals surface area contributed by atoms with Crippen LogP contribution in [0, 0.1) is 5.82 Å². The topological polar surface area (TPSA) is 43.1 Å². The number of thioether (sulfide) groups is 1. The molecule has 0 unspecified atom stereocenters. The normalized spacial score (nSPS) is 13.0. The summed E-state index contributed by atoms with van der Waals surface area (Å²) in [7, 11) is 0. The van der Waals surface area contributed by atoms with Crippen molar-refractivity contribution in [3.63, 3.8) is 0 Å². The van der Waals surface area contributed by atoms with Crippen molar-refractivity contribution in [1.29, 1.82) is 0 Å². The Hall–Kier alpha value is -1.70. The molecule has 0 bridgehead atoms. The van der Waals surface area contributed by atoms with E-state index in [1.54, 1.807) is 40.7 Å². The molecule has 0 saturated heterocycles. The van der Waals surface area contributed by atoms with Gasteiger partial charge in [0.05, 0.1) is 5.71 Å². The highest BCUT2D eigenvalue weighted by atomic mass is 79.9. The number of hydrogen-bond donors (Lipinski definition) is 0. The number of nitrogens with zero attached hydrogens (tertiary/aromatic N) is 4. The molecule has 2 heterocycles. The SMILES string of the molecule is Br.Fc1ccc(C2=Nn3c(nnc3-c3ccc(Cl)cc3)SC2)cc1. The van der Waals surface area contributed by atoms with Crippen LogP contribution in [0.1, 0.15) is 5.56 Å². The number of hydrogen-bond acceptors (Lipinski definition) is 4.